The third kappa shape index (κ3) is 2.52. The molecule has 122 valence electrons. The van der Waals surface area contributed by atoms with Crippen LogP contribution in [0, 0.1) is 6.92 Å². The number of para-hydroxylation sites is 2. The molecule has 2 aromatic rings. The molecular weight excluding hydrogens is 302 g/mol. The molecule has 5 nitrogen and oxygen atoms in total. The van der Waals surface area contributed by atoms with E-state index >= 15 is 0 Å². The number of anilines is 2. The van der Waals surface area contributed by atoms with Gasteiger partial charge in [0.2, 0.25) is 5.91 Å². The number of nitrogens with one attached hydrogen (secondary N) is 2. The second-order valence-corrected chi connectivity index (χ2v) is 6.45. The molecule has 2 aromatic carbocycles. The van der Waals surface area contributed by atoms with Crippen molar-refractivity contribution in [2.24, 2.45) is 0 Å². The lowest BCUT2D eigenvalue weighted by molar-refractivity contribution is -0.117. The minimum Gasteiger partial charge on any atom is -0.356 e. The van der Waals surface area contributed by atoms with Crippen LogP contribution in [0.1, 0.15) is 22.3 Å². The van der Waals surface area contributed by atoms with Gasteiger partial charge in [0, 0.05) is 18.2 Å². The van der Waals surface area contributed by atoms with E-state index in [0.29, 0.717) is 18.5 Å². The van der Waals surface area contributed by atoms with Crippen LogP contribution >= 0.6 is 0 Å². The average Bonchev–Trinajstić information content (AvgIpc) is 3.00. The van der Waals surface area contributed by atoms with Crippen LogP contribution in [0.25, 0.3) is 0 Å². The predicted molar refractivity (Wildman–Crippen MR) is 93.3 cm³/mol. The van der Waals surface area contributed by atoms with E-state index in [1.807, 2.05) is 55.5 Å². The number of amides is 2. The van der Waals surface area contributed by atoms with Gasteiger partial charge in [-0.05, 0) is 37.6 Å². The van der Waals surface area contributed by atoms with Crippen LogP contribution < -0.4 is 15.5 Å². The standard InChI is InChI=1S/C19H19N3O2/c1-12-6-8-13(9-7-12)18(23)20-14-10-17-19(24)21-15-4-2-3-5-16(15)22(17)11-14/h2-9,14,17H,10-11H2,1H3,(H,20,23)(H,21,24). The lowest BCUT2D eigenvalue weighted by Crippen LogP contribution is -2.44. The zero-order chi connectivity index (χ0) is 16.7. The van der Waals surface area contributed by atoms with Crippen molar-refractivity contribution < 1.29 is 9.59 Å². The molecular formula is C19H19N3O2. The summed E-state index contributed by atoms with van der Waals surface area (Å²) >= 11 is 0. The van der Waals surface area contributed by atoms with Crippen LogP contribution in [0.15, 0.2) is 48.5 Å². The number of nitrogens with zero attached hydrogens (tertiary/aromatic N) is 1. The Morgan fingerprint density at radius 3 is 2.71 bits per heavy atom. The quantitative estimate of drug-likeness (QED) is 0.892. The van der Waals surface area contributed by atoms with Crippen molar-refractivity contribution in [3.05, 3.63) is 59.7 Å². The number of aryl methyl sites for hydroxylation is 1. The third-order valence-electron chi connectivity index (χ3n) is 4.72. The highest BCUT2D eigenvalue weighted by Gasteiger charge is 2.41. The molecule has 0 spiro atoms. The number of hydrogen-bond donors (Lipinski definition) is 2. The van der Waals surface area contributed by atoms with Crippen LogP contribution in [-0.2, 0) is 4.79 Å². The number of rotatable bonds is 2. The largest absolute Gasteiger partial charge is 0.356 e. The fourth-order valence-electron chi connectivity index (χ4n) is 3.47. The number of hydrogen-bond acceptors (Lipinski definition) is 3. The van der Waals surface area contributed by atoms with Gasteiger partial charge in [-0.25, -0.2) is 0 Å². The molecule has 4 rings (SSSR count). The Hall–Kier alpha value is -2.82. The summed E-state index contributed by atoms with van der Waals surface area (Å²) in [5.74, 6) is -0.0886. The van der Waals surface area contributed by atoms with E-state index in [-0.39, 0.29) is 23.9 Å². The summed E-state index contributed by atoms with van der Waals surface area (Å²) in [6, 6.07) is 15.0. The van der Waals surface area contributed by atoms with E-state index in [2.05, 4.69) is 15.5 Å². The molecule has 5 heteroatoms. The molecule has 2 atom stereocenters. The Morgan fingerprint density at radius 1 is 1.17 bits per heavy atom. The summed E-state index contributed by atoms with van der Waals surface area (Å²) in [4.78, 5) is 26.8. The maximum absolute atomic E-state index is 12.4. The maximum atomic E-state index is 12.4. The first-order chi connectivity index (χ1) is 11.6. The Morgan fingerprint density at radius 2 is 1.92 bits per heavy atom. The summed E-state index contributed by atoms with van der Waals surface area (Å²) in [6.45, 7) is 2.64. The topological polar surface area (TPSA) is 61.4 Å². The van der Waals surface area contributed by atoms with Crippen molar-refractivity contribution in [3.63, 3.8) is 0 Å². The highest BCUT2D eigenvalue weighted by atomic mass is 16.2. The number of carbonyl (C=O) groups excluding carboxylic acids is 2. The Bertz CT molecular complexity index is 801. The molecule has 2 aliphatic rings. The predicted octanol–water partition coefficient (Wildman–Crippen LogP) is 2.32. The zero-order valence-electron chi connectivity index (χ0n) is 13.5. The first-order valence-electron chi connectivity index (χ1n) is 8.16. The summed E-state index contributed by atoms with van der Waals surface area (Å²) in [7, 11) is 0. The fraction of sp³-hybridized carbons (Fsp3) is 0.263. The number of carbonyl (C=O) groups is 2. The van der Waals surface area contributed by atoms with E-state index in [1.165, 1.54) is 0 Å². The fourth-order valence-corrected chi connectivity index (χ4v) is 3.47. The highest BCUT2D eigenvalue weighted by molar-refractivity contribution is 6.04. The highest BCUT2D eigenvalue weighted by Crippen LogP contribution is 2.36. The number of fused-ring (bicyclic) bond motifs is 3. The van der Waals surface area contributed by atoms with Gasteiger partial charge in [0.05, 0.1) is 11.4 Å². The van der Waals surface area contributed by atoms with Gasteiger partial charge in [0.25, 0.3) is 5.91 Å². The van der Waals surface area contributed by atoms with Crippen molar-refractivity contribution in [3.8, 4) is 0 Å². The summed E-state index contributed by atoms with van der Waals surface area (Å²) < 4.78 is 0. The summed E-state index contributed by atoms with van der Waals surface area (Å²) in [5, 5.41) is 6.01. The molecule has 24 heavy (non-hydrogen) atoms. The maximum Gasteiger partial charge on any atom is 0.251 e. The van der Waals surface area contributed by atoms with Crippen molar-refractivity contribution in [1.82, 2.24) is 5.32 Å². The second-order valence-electron chi connectivity index (χ2n) is 6.45. The van der Waals surface area contributed by atoms with Crippen molar-refractivity contribution >= 4 is 23.2 Å². The smallest absolute Gasteiger partial charge is 0.251 e. The first kappa shape index (κ1) is 14.8. The van der Waals surface area contributed by atoms with E-state index in [4.69, 9.17) is 0 Å². The molecule has 0 aromatic heterocycles. The molecule has 2 N–H and O–H groups in total. The molecule has 1 fully saturated rings. The molecule has 1 saturated heterocycles. The normalized spacial score (nSPS) is 21.7. The molecule has 2 aliphatic heterocycles. The van der Waals surface area contributed by atoms with Gasteiger partial charge < -0.3 is 15.5 Å². The van der Waals surface area contributed by atoms with Gasteiger partial charge in [0.15, 0.2) is 0 Å². The van der Waals surface area contributed by atoms with Gasteiger partial charge in [0.1, 0.15) is 6.04 Å². The molecule has 0 radical (unpaired) electrons. The molecule has 2 heterocycles. The van der Waals surface area contributed by atoms with Gasteiger partial charge in [-0.3, -0.25) is 9.59 Å². The van der Waals surface area contributed by atoms with Gasteiger partial charge in [-0.2, -0.15) is 0 Å². The lowest BCUT2D eigenvalue weighted by atomic mass is 10.1. The zero-order valence-corrected chi connectivity index (χ0v) is 13.5. The van der Waals surface area contributed by atoms with Gasteiger partial charge in [-0.15, -0.1) is 0 Å². The Kier molecular flexibility index (Phi) is 3.49. The minimum absolute atomic E-state index is 0.000727. The summed E-state index contributed by atoms with van der Waals surface area (Å²) in [5.41, 5.74) is 3.63. The van der Waals surface area contributed by atoms with Crippen LogP contribution in [-0.4, -0.2) is 30.4 Å². The third-order valence-corrected chi connectivity index (χ3v) is 4.72. The molecule has 0 bridgehead atoms. The monoisotopic (exact) mass is 321 g/mol. The van der Waals surface area contributed by atoms with Crippen molar-refractivity contribution in [2.75, 3.05) is 16.8 Å². The van der Waals surface area contributed by atoms with E-state index in [9.17, 15) is 9.59 Å². The SMILES string of the molecule is Cc1ccc(C(=O)NC2CC3C(=O)Nc4ccccc4N3C2)cc1. The van der Waals surface area contributed by atoms with Crippen LogP contribution in [0.3, 0.4) is 0 Å². The van der Waals surface area contributed by atoms with Crippen LogP contribution in [0.4, 0.5) is 11.4 Å². The van der Waals surface area contributed by atoms with Crippen molar-refractivity contribution in [1.29, 1.82) is 0 Å². The molecule has 2 amide bonds. The van der Waals surface area contributed by atoms with Crippen LogP contribution in [0.2, 0.25) is 0 Å². The van der Waals surface area contributed by atoms with Gasteiger partial charge >= 0.3 is 0 Å². The van der Waals surface area contributed by atoms with Crippen molar-refractivity contribution in [2.45, 2.75) is 25.4 Å². The Balaban J connectivity index is 1.51. The molecule has 0 saturated carbocycles. The van der Waals surface area contributed by atoms with Crippen LogP contribution in [0.5, 0.6) is 0 Å². The summed E-state index contributed by atoms with van der Waals surface area (Å²) in [6.07, 6.45) is 0.623. The lowest BCUT2D eigenvalue weighted by Gasteiger charge is -2.32. The molecule has 2 unspecified atom stereocenters. The second kappa shape index (κ2) is 5.67. The first-order valence-corrected chi connectivity index (χ1v) is 8.16. The van der Waals surface area contributed by atoms with E-state index in [1.54, 1.807) is 0 Å². The van der Waals surface area contributed by atoms with Gasteiger partial charge in [-0.1, -0.05) is 29.8 Å². The molecule has 0 aliphatic carbocycles. The minimum atomic E-state index is -0.219. The Labute approximate surface area is 140 Å². The van der Waals surface area contributed by atoms with E-state index < -0.39 is 0 Å². The van der Waals surface area contributed by atoms with E-state index in [0.717, 1.165) is 16.9 Å². The average molecular weight is 321 g/mol. The number of benzene rings is 2.